The van der Waals surface area contributed by atoms with Gasteiger partial charge < -0.3 is 0 Å². The van der Waals surface area contributed by atoms with Gasteiger partial charge in [0.15, 0.2) is 0 Å². The third kappa shape index (κ3) is 3.02. The molecule has 0 aromatic carbocycles. The molecule has 0 aliphatic carbocycles. The Labute approximate surface area is 72.9 Å². The summed E-state index contributed by atoms with van der Waals surface area (Å²) < 4.78 is 0. The lowest BCUT2D eigenvalue weighted by molar-refractivity contribution is 0.171. The van der Waals surface area contributed by atoms with Gasteiger partial charge in [0, 0.05) is 12.1 Å². The lowest BCUT2D eigenvalue weighted by Crippen LogP contribution is -2.40. The second-order valence-electron chi connectivity index (χ2n) is 3.21. The minimum atomic E-state index is 0.479. The summed E-state index contributed by atoms with van der Waals surface area (Å²) in [5.41, 5.74) is 0. The highest BCUT2D eigenvalue weighted by Crippen LogP contribution is 2.14. The molecule has 1 nitrogen and oxygen atoms in total. The summed E-state index contributed by atoms with van der Waals surface area (Å²) in [5.74, 6) is 0. The van der Waals surface area contributed by atoms with Crippen molar-refractivity contribution in [3.05, 3.63) is 0 Å². The van der Waals surface area contributed by atoms with Crippen molar-refractivity contribution in [1.29, 1.82) is 0 Å². The number of alkyl halides is 1. The maximum absolute atomic E-state index is 3.57. The van der Waals surface area contributed by atoms with Crippen molar-refractivity contribution in [2.24, 2.45) is 0 Å². The second-order valence-corrected chi connectivity index (χ2v) is 4.53. The zero-order valence-corrected chi connectivity index (χ0v) is 9.14. The summed E-state index contributed by atoms with van der Waals surface area (Å²) in [5, 5.41) is 0. The van der Waals surface area contributed by atoms with E-state index in [1.54, 1.807) is 0 Å². The number of nitrogens with zero attached hydrogens (tertiary/aromatic N) is 1. The fourth-order valence-corrected chi connectivity index (χ4v) is 2.36. The van der Waals surface area contributed by atoms with Gasteiger partial charge in [0.2, 0.25) is 0 Å². The normalized spacial score (nSPS) is 15.3. The van der Waals surface area contributed by atoms with Gasteiger partial charge in [-0.05, 0) is 34.6 Å². The summed E-state index contributed by atoms with van der Waals surface area (Å²) in [7, 11) is 0. The predicted molar refractivity (Wildman–Crippen MR) is 50.5 cm³/mol. The van der Waals surface area contributed by atoms with E-state index in [4.69, 9.17) is 0 Å². The van der Waals surface area contributed by atoms with Gasteiger partial charge >= 0.3 is 0 Å². The van der Waals surface area contributed by atoms with Crippen LogP contribution in [-0.2, 0) is 0 Å². The Balaban J connectivity index is 3.98. The van der Waals surface area contributed by atoms with Crippen LogP contribution in [0.1, 0.15) is 34.6 Å². The highest BCUT2D eigenvalue weighted by atomic mass is 79.9. The zero-order valence-electron chi connectivity index (χ0n) is 7.56. The molecule has 0 heterocycles. The molecule has 0 spiro atoms. The summed E-state index contributed by atoms with van der Waals surface area (Å²) in [4.78, 5) is 2.90. The molecule has 0 bridgehead atoms. The largest absolute Gasteiger partial charge is 0.286 e. The molecule has 1 atom stereocenters. The molecule has 0 aromatic rings. The average Bonchev–Trinajstić information content (AvgIpc) is 1.59. The summed E-state index contributed by atoms with van der Waals surface area (Å²) in [6.07, 6.45) is 0. The van der Waals surface area contributed by atoms with E-state index in [2.05, 4.69) is 55.4 Å². The van der Waals surface area contributed by atoms with Crippen molar-refractivity contribution in [3.8, 4) is 0 Å². The Morgan fingerprint density at radius 3 is 1.20 bits per heavy atom. The van der Waals surface area contributed by atoms with E-state index in [9.17, 15) is 0 Å². The van der Waals surface area contributed by atoms with E-state index in [-0.39, 0.29) is 0 Å². The van der Waals surface area contributed by atoms with Gasteiger partial charge in [-0.25, -0.2) is 0 Å². The molecule has 0 fully saturated rings. The standard InChI is InChI=1S/C8H18BrN/c1-6(2)10(7(3)4)8(5)9/h6-8H,1-5H3. The van der Waals surface area contributed by atoms with Crippen molar-refractivity contribution in [1.82, 2.24) is 4.90 Å². The fourth-order valence-electron chi connectivity index (χ4n) is 1.42. The van der Waals surface area contributed by atoms with E-state index in [1.807, 2.05) is 0 Å². The minimum absolute atomic E-state index is 0.479. The molecular weight excluding hydrogens is 190 g/mol. The third-order valence-corrected chi connectivity index (χ3v) is 2.08. The van der Waals surface area contributed by atoms with Crippen LogP contribution in [-0.4, -0.2) is 21.9 Å². The van der Waals surface area contributed by atoms with Crippen LogP contribution in [0.3, 0.4) is 0 Å². The summed E-state index contributed by atoms with van der Waals surface area (Å²) in [6.45, 7) is 11.0. The van der Waals surface area contributed by atoms with Gasteiger partial charge in [0.25, 0.3) is 0 Å². The lowest BCUT2D eigenvalue weighted by Gasteiger charge is -2.32. The summed E-state index contributed by atoms with van der Waals surface area (Å²) >= 11 is 3.57. The molecule has 0 amide bonds. The fraction of sp³-hybridized carbons (Fsp3) is 1.00. The van der Waals surface area contributed by atoms with Crippen molar-refractivity contribution in [2.75, 3.05) is 0 Å². The van der Waals surface area contributed by atoms with Crippen LogP contribution in [0, 0.1) is 0 Å². The maximum atomic E-state index is 3.57. The molecular formula is C8H18BrN. The Bertz CT molecular complexity index is 70.2. The van der Waals surface area contributed by atoms with Crippen LogP contribution in [0.2, 0.25) is 0 Å². The Morgan fingerprint density at radius 1 is 0.900 bits per heavy atom. The van der Waals surface area contributed by atoms with Gasteiger partial charge in [0.05, 0.1) is 4.95 Å². The smallest absolute Gasteiger partial charge is 0.0631 e. The number of hydrogen-bond donors (Lipinski definition) is 0. The molecule has 0 N–H and O–H groups in total. The first kappa shape index (κ1) is 10.4. The van der Waals surface area contributed by atoms with Gasteiger partial charge in [-0.2, -0.15) is 0 Å². The lowest BCUT2D eigenvalue weighted by atomic mass is 10.2. The number of rotatable bonds is 3. The Hall–Kier alpha value is 0.440. The number of halogens is 1. The van der Waals surface area contributed by atoms with E-state index in [0.717, 1.165) is 0 Å². The highest BCUT2D eigenvalue weighted by Gasteiger charge is 2.16. The van der Waals surface area contributed by atoms with E-state index < -0.39 is 0 Å². The van der Waals surface area contributed by atoms with E-state index in [1.165, 1.54) is 0 Å². The Morgan fingerprint density at radius 2 is 1.20 bits per heavy atom. The SMILES string of the molecule is CC(C)N(C(C)C)C(C)Br. The first-order valence-corrected chi connectivity index (χ1v) is 4.80. The maximum Gasteiger partial charge on any atom is 0.0631 e. The van der Waals surface area contributed by atoms with Crippen molar-refractivity contribution in [3.63, 3.8) is 0 Å². The van der Waals surface area contributed by atoms with Crippen LogP contribution >= 0.6 is 15.9 Å². The van der Waals surface area contributed by atoms with Gasteiger partial charge in [-0.15, -0.1) is 0 Å². The van der Waals surface area contributed by atoms with Crippen molar-refractivity contribution < 1.29 is 0 Å². The van der Waals surface area contributed by atoms with Crippen molar-refractivity contribution in [2.45, 2.75) is 51.7 Å². The summed E-state index contributed by atoms with van der Waals surface area (Å²) in [6, 6.07) is 1.24. The van der Waals surface area contributed by atoms with Gasteiger partial charge in [-0.3, -0.25) is 4.90 Å². The molecule has 0 saturated heterocycles. The second kappa shape index (κ2) is 4.35. The van der Waals surface area contributed by atoms with Gasteiger partial charge in [0.1, 0.15) is 0 Å². The topological polar surface area (TPSA) is 3.24 Å². The molecule has 62 valence electrons. The molecule has 0 aliphatic heterocycles. The first-order valence-electron chi connectivity index (χ1n) is 3.88. The molecule has 0 aliphatic rings. The monoisotopic (exact) mass is 207 g/mol. The van der Waals surface area contributed by atoms with Crippen LogP contribution in [0.25, 0.3) is 0 Å². The minimum Gasteiger partial charge on any atom is -0.286 e. The van der Waals surface area contributed by atoms with Crippen LogP contribution in [0.15, 0.2) is 0 Å². The molecule has 0 aromatic heterocycles. The molecule has 0 saturated carbocycles. The Kier molecular flexibility index (Phi) is 4.54. The number of hydrogen-bond acceptors (Lipinski definition) is 1. The molecule has 10 heavy (non-hydrogen) atoms. The first-order chi connectivity index (χ1) is 4.46. The van der Waals surface area contributed by atoms with E-state index >= 15 is 0 Å². The zero-order chi connectivity index (χ0) is 8.31. The molecule has 1 unspecified atom stereocenters. The quantitative estimate of drug-likeness (QED) is 0.509. The molecule has 2 heteroatoms. The average molecular weight is 208 g/mol. The highest BCUT2D eigenvalue weighted by molar-refractivity contribution is 9.09. The third-order valence-electron chi connectivity index (χ3n) is 1.60. The van der Waals surface area contributed by atoms with Crippen LogP contribution in [0.5, 0.6) is 0 Å². The molecule has 0 radical (unpaired) electrons. The van der Waals surface area contributed by atoms with Crippen LogP contribution in [0.4, 0.5) is 0 Å². The predicted octanol–water partition coefficient (Wildman–Crippen LogP) is 2.85. The molecule has 0 rings (SSSR count). The van der Waals surface area contributed by atoms with Crippen LogP contribution < -0.4 is 0 Å². The van der Waals surface area contributed by atoms with E-state index in [0.29, 0.717) is 17.0 Å². The van der Waals surface area contributed by atoms with Crippen molar-refractivity contribution >= 4 is 15.9 Å². The van der Waals surface area contributed by atoms with Gasteiger partial charge in [-0.1, -0.05) is 15.9 Å².